The number of fused-ring (bicyclic) bond motifs is 1. The number of hydrogen-bond donors (Lipinski definition) is 1. The molecular weight excluding hydrogens is 318 g/mol. The molecule has 0 aliphatic carbocycles. The van der Waals surface area contributed by atoms with Gasteiger partial charge in [-0.05, 0) is 30.2 Å². The summed E-state index contributed by atoms with van der Waals surface area (Å²) in [5, 5.41) is 9.99. The molecule has 0 radical (unpaired) electrons. The normalized spacial score (nSPS) is 11.2. The standard InChI is InChI=1S/C19H21N3O3/c1-13(2)12-22(10-9-17(23)24)19-14-6-3-4-7-15(14)20-18(21-19)16-8-5-11-25-16/h3-8,11,13H,9-10,12H2,1-2H3,(H,23,24). The van der Waals surface area contributed by atoms with Gasteiger partial charge < -0.3 is 14.4 Å². The van der Waals surface area contributed by atoms with Gasteiger partial charge in [-0.3, -0.25) is 4.79 Å². The van der Waals surface area contributed by atoms with Crippen molar-refractivity contribution in [2.24, 2.45) is 5.92 Å². The van der Waals surface area contributed by atoms with E-state index < -0.39 is 5.97 Å². The lowest BCUT2D eigenvalue weighted by Gasteiger charge is -2.26. The summed E-state index contributed by atoms with van der Waals surface area (Å²) >= 11 is 0. The van der Waals surface area contributed by atoms with Gasteiger partial charge in [-0.25, -0.2) is 9.97 Å². The average molecular weight is 339 g/mol. The Morgan fingerprint density at radius 3 is 2.68 bits per heavy atom. The van der Waals surface area contributed by atoms with Crippen molar-refractivity contribution in [1.29, 1.82) is 0 Å². The third kappa shape index (κ3) is 3.96. The quantitative estimate of drug-likeness (QED) is 0.705. The van der Waals surface area contributed by atoms with Gasteiger partial charge in [0.15, 0.2) is 11.6 Å². The average Bonchev–Trinajstić information content (AvgIpc) is 3.12. The molecule has 0 amide bonds. The Kier molecular flexibility index (Phi) is 4.97. The zero-order valence-corrected chi connectivity index (χ0v) is 14.3. The van der Waals surface area contributed by atoms with Crippen LogP contribution < -0.4 is 4.90 Å². The van der Waals surface area contributed by atoms with Crippen LogP contribution in [0.4, 0.5) is 5.82 Å². The van der Waals surface area contributed by atoms with Crippen LogP contribution in [0.25, 0.3) is 22.5 Å². The van der Waals surface area contributed by atoms with Crippen LogP contribution in [0.15, 0.2) is 47.1 Å². The Morgan fingerprint density at radius 1 is 1.20 bits per heavy atom. The van der Waals surface area contributed by atoms with E-state index in [0.29, 0.717) is 30.6 Å². The lowest BCUT2D eigenvalue weighted by molar-refractivity contribution is -0.136. The number of carboxylic acids is 1. The molecule has 3 rings (SSSR count). The first kappa shape index (κ1) is 17.0. The second kappa shape index (κ2) is 7.34. The van der Waals surface area contributed by atoms with E-state index in [9.17, 15) is 4.79 Å². The molecule has 0 fully saturated rings. The molecule has 1 N–H and O–H groups in total. The molecular formula is C19H21N3O3. The zero-order chi connectivity index (χ0) is 17.8. The lowest BCUT2D eigenvalue weighted by atomic mass is 10.1. The summed E-state index contributed by atoms with van der Waals surface area (Å²) in [6, 6.07) is 11.4. The van der Waals surface area contributed by atoms with Crippen LogP contribution in [-0.4, -0.2) is 34.1 Å². The molecule has 0 aliphatic rings. The number of aliphatic carboxylic acids is 1. The van der Waals surface area contributed by atoms with E-state index in [1.807, 2.05) is 35.2 Å². The Bertz CT molecular complexity index is 859. The van der Waals surface area contributed by atoms with Gasteiger partial charge in [-0.1, -0.05) is 26.0 Å². The van der Waals surface area contributed by atoms with Crippen LogP contribution >= 0.6 is 0 Å². The first-order chi connectivity index (χ1) is 12.0. The molecule has 130 valence electrons. The monoisotopic (exact) mass is 339 g/mol. The van der Waals surface area contributed by atoms with E-state index in [0.717, 1.165) is 16.7 Å². The number of rotatable bonds is 7. The highest BCUT2D eigenvalue weighted by Gasteiger charge is 2.18. The van der Waals surface area contributed by atoms with Crippen molar-refractivity contribution in [1.82, 2.24) is 9.97 Å². The molecule has 0 spiro atoms. The minimum atomic E-state index is -0.821. The van der Waals surface area contributed by atoms with Crippen molar-refractivity contribution in [2.45, 2.75) is 20.3 Å². The molecule has 0 bridgehead atoms. The molecule has 6 heteroatoms. The van der Waals surface area contributed by atoms with E-state index >= 15 is 0 Å². The minimum Gasteiger partial charge on any atom is -0.481 e. The van der Waals surface area contributed by atoms with E-state index in [4.69, 9.17) is 14.5 Å². The van der Waals surface area contributed by atoms with Gasteiger partial charge in [0, 0.05) is 18.5 Å². The Labute approximate surface area is 146 Å². The zero-order valence-electron chi connectivity index (χ0n) is 14.3. The highest BCUT2D eigenvalue weighted by molar-refractivity contribution is 5.91. The third-order valence-corrected chi connectivity index (χ3v) is 3.81. The Balaban J connectivity index is 2.11. The Hall–Kier alpha value is -2.89. The third-order valence-electron chi connectivity index (χ3n) is 3.81. The summed E-state index contributed by atoms with van der Waals surface area (Å²) in [5.74, 6) is 1.39. The van der Waals surface area contributed by atoms with Gasteiger partial charge in [-0.2, -0.15) is 0 Å². The van der Waals surface area contributed by atoms with Crippen molar-refractivity contribution in [3.63, 3.8) is 0 Å². The maximum absolute atomic E-state index is 11.1. The number of furan rings is 1. The van der Waals surface area contributed by atoms with Crippen LogP contribution in [0.1, 0.15) is 20.3 Å². The smallest absolute Gasteiger partial charge is 0.305 e. The number of benzene rings is 1. The van der Waals surface area contributed by atoms with Crippen molar-refractivity contribution < 1.29 is 14.3 Å². The molecule has 0 saturated carbocycles. The van der Waals surface area contributed by atoms with Crippen molar-refractivity contribution >= 4 is 22.7 Å². The van der Waals surface area contributed by atoms with Gasteiger partial charge in [0.25, 0.3) is 0 Å². The number of hydrogen-bond acceptors (Lipinski definition) is 5. The van der Waals surface area contributed by atoms with Crippen molar-refractivity contribution in [3.05, 3.63) is 42.7 Å². The minimum absolute atomic E-state index is 0.0567. The van der Waals surface area contributed by atoms with Crippen molar-refractivity contribution in [3.8, 4) is 11.6 Å². The first-order valence-corrected chi connectivity index (χ1v) is 8.32. The molecule has 0 unspecified atom stereocenters. The number of para-hydroxylation sites is 1. The van der Waals surface area contributed by atoms with Gasteiger partial charge in [0.05, 0.1) is 18.2 Å². The van der Waals surface area contributed by atoms with Crippen LogP contribution in [-0.2, 0) is 4.79 Å². The van der Waals surface area contributed by atoms with Crippen LogP contribution in [0.3, 0.4) is 0 Å². The van der Waals surface area contributed by atoms with Crippen LogP contribution in [0.2, 0.25) is 0 Å². The summed E-state index contributed by atoms with van der Waals surface area (Å²) in [5.41, 5.74) is 0.808. The molecule has 1 aromatic carbocycles. The maximum Gasteiger partial charge on any atom is 0.305 e. The second-order valence-corrected chi connectivity index (χ2v) is 6.35. The molecule has 6 nitrogen and oxygen atoms in total. The molecule has 25 heavy (non-hydrogen) atoms. The van der Waals surface area contributed by atoms with Crippen LogP contribution in [0, 0.1) is 5.92 Å². The summed E-state index contributed by atoms with van der Waals surface area (Å²) in [7, 11) is 0. The fraction of sp³-hybridized carbons (Fsp3) is 0.316. The summed E-state index contributed by atoms with van der Waals surface area (Å²) in [6.07, 6.45) is 1.64. The number of aromatic nitrogens is 2. The second-order valence-electron chi connectivity index (χ2n) is 6.35. The van der Waals surface area contributed by atoms with Gasteiger partial charge in [-0.15, -0.1) is 0 Å². The van der Waals surface area contributed by atoms with Crippen LogP contribution in [0.5, 0.6) is 0 Å². The predicted molar refractivity (Wildman–Crippen MR) is 96.5 cm³/mol. The van der Waals surface area contributed by atoms with E-state index in [1.54, 1.807) is 12.3 Å². The topological polar surface area (TPSA) is 79.5 Å². The van der Waals surface area contributed by atoms with E-state index in [-0.39, 0.29) is 6.42 Å². The fourth-order valence-electron chi connectivity index (χ4n) is 2.77. The van der Waals surface area contributed by atoms with E-state index in [1.165, 1.54) is 0 Å². The molecule has 2 aromatic heterocycles. The van der Waals surface area contributed by atoms with Gasteiger partial charge in [0.1, 0.15) is 5.82 Å². The number of anilines is 1. The van der Waals surface area contributed by atoms with Crippen molar-refractivity contribution in [2.75, 3.05) is 18.0 Å². The summed E-state index contributed by atoms with van der Waals surface area (Å²) < 4.78 is 5.44. The van der Waals surface area contributed by atoms with E-state index in [2.05, 4.69) is 18.8 Å². The van der Waals surface area contributed by atoms with Gasteiger partial charge >= 0.3 is 5.97 Å². The number of nitrogens with zero attached hydrogens (tertiary/aromatic N) is 3. The number of carboxylic acid groups (broad SMARTS) is 1. The molecule has 2 heterocycles. The Morgan fingerprint density at radius 2 is 2.00 bits per heavy atom. The lowest BCUT2D eigenvalue weighted by Crippen LogP contribution is -2.31. The maximum atomic E-state index is 11.1. The SMILES string of the molecule is CC(C)CN(CCC(=O)O)c1nc(-c2ccco2)nc2ccccc12. The molecule has 3 aromatic rings. The highest BCUT2D eigenvalue weighted by Crippen LogP contribution is 2.28. The fourth-order valence-corrected chi connectivity index (χ4v) is 2.77. The molecule has 0 saturated heterocycles. The highest BCUT2D eigenvalue weighted by atomic mass is 16.4. The summed E-state index contributed by atoms with van der Waals surface area (Å²) in [6.45, 7) is 5.31. The number of carbonyl (C=O) groups is 1. The summed E-state index contributed by atoms with van der Waals surface area (Å²) in [4.78, 5) is 22.4. The molecule has 0 aliphatic heterocycles. The predicted octanol–water partition coefficient (Wildman–Crippen LogP) is 3.83. The first-order valence-electron chi connectivity index (χ1n) is 8.32. The largest absolute Gasteiger partial charge is 0.481 e. The van der Waals surface area contributed by atoms with Gasteiger partial charge in [0.2, 0.25) is 0 Å². The molecule has 0 atom stereocenters.